The highest BCUT2D eigenvalue weighted by Crippen LogP contribution is 2.29. The number of piperidine rings is 1. The number of carbonyl (C=O) groups excluding carboxylic acids is 3. The van der Waals surface area contributed by atoms with Gasteiger partial charge in [0, 0.05) is 42.3 Å². The van der Waals surface area contributed by atoms with Gasteiger partial charge < -0.3 is 36.7 Å². The third kappa shape index (κ3) is 10.5. The second-order valence-electron chi connectivity index (χ2n) is 14.1. The van der Waals surface area contributed by atoms with Crippen LogP contribution in [-0.4, -0.2) is 71.7 Å². The minimum absolute atomic E-state index is 0. The summed E-state index contributed by atoms with van der Waals surface area (Å²) in [6.45, 7) is 4.82. The first-order valence-electron chi connectivity index (χ1n) is 18.3. The van der Waals surface area contributed by atoms with Crippen LogP contribution in [0.3, 0.4) is 0 Å². The minimum atomic E-state index is -0.782. The second-order valence-corrected chi connectivity index (χ2v) is 14.1. The van der Waals surface area contributed by atoms with E-state index in [1.54, 1.807) is 19.2 Å². The molecular weight excluding hydrogens is 692 g/mol. The third-order valence-corrected chi connectivity index (χ3v) is 10.3. The molecule has 2 aliphatic rings. The van der Waals surface area contributed by atoms with E-state index in [0.29, 0.717) is 48.4 Å². The fraction of sp³-hybridized carbons (Fsp3) is 0.425. The topological polar surface area (TPSA) is 176 Å². The molecule has 1 aliphatic carbocycles. The Kier molecular flexibility index (Phi) is 14.1. The first-order valence-corrected chi connectivity index (χ1v) is 18.3. The second kappa shape index (κ2) is 18.9. The predicted octanol–water partition coefficient (Wildman–Crippen LogP) is 4.93. The number of aromatic amines is 1. The summed E-state index contributed by atoms with van der Waals surface area (Å²) in [6, 6.07) is 20.6. The van der Waals surface area contributed by atoms with Gasteiger partial charge in [0.05, 0.1) is 0 Å². The van der Waals surface area contributed by atoms with Crippen molar-refractivity contribution >= 4 is 35.8 Å². The van der Waals surface area contributed by atoms with Crippen molar-refractivity contribution in [1.29, 1.82) is 0 Å². The molecule has 7 N–H and O–H groups in total. The van der Waals surface area contributed by atoms with Crippen LogP contribution in [0.2, 0.25) is 0 Å². The molecule has 13 heteroatoms. The normalized spacial score (nSPS) is 18.0. The van der Waals surface area contributed by atoms with Crippen molar-refractivity contribution in [2.75, 3.05) is 32.1 Å². The Hall–Kier alpha value is -4.62. The van der Waals surface area contributed by atoms with E-state index in [2.05, 4.69) is 36.4 Å². The Balaban J connectivity index is 0.00000541. The number of hydrogen-bond acceptors (Lipinski definition) is 8. The number of nitrogens with one attached hydrogen (secondary N) is 5. The summed E-state index contributed by atoms with van der Waals surface area (Å²) in [7, 11) is 1.59. The van der Waals surface area contributed by atoms with Crippen LogP contribution in [0.1, 0.15) is 65.8 Å². The van der Waals surface area contributed by atoms with Crippen LogP contribution in [0.5, 0.6) is 0 Å². The molecule has 0 radical (unpaired) electrons. The zero-order chi connectivity index (χ0) is 36.5. The van der Waals surface area contributed by atoms with Crippen LogP contribution >= 0.6 is 12.4 Å². The van der Waals surface area contributed by atoms with E-state index in [1.165, 1.54) is 0 Å². The van der Waals surface area contributed by atoms with Crippen LogP contribution < -0.4 is 27.0 Å². The Morgan fingerprint density at radius 1 is 0.906 bits per heavy atom. The summed E-state index contributed by atoms with van der Waals surface area (Å²) in [5.41, 5.74) is 11.9. The van der Waals surface area contributed by atoms with Crippen LogP contribution in [0.25, 0.3) is 22.5 Å². The number of ether oxygens (including phenoxy) is 1. The van der Waals surface area contributed by atoms with Gasteiger partial charge in [-0.05, 0) is 130 Å². The maximum Gasteiger partial charge on any atom is 0.251 e. The smallest absolute Gasteiger partial charge is 0.251 e. The molecule has 2 fully saturated rings. The van der Waals surface area contributed by atoms with Crippen LogP contribution in [0.4, 0.5) is 5.69 Å². The number of methoxy groups -OCH3 is 1. The summed E-state index contributed by atoms with van der Waals surface area (Å²) in [5.74, 6) is 1.10. The van der Waals surface area contributed by atoms with Crippen LogP contribution in [0, 0.1) is 18.8 Å². The van der Waals surface area contributed by atoms with E-state index < -0.39 is 6.04 Å². The number of carbonyl (C=O) groups is 3. The van der Waals surface area contributed by atoms with E-state index in [0.717, 1.165) is 79.4 Å². The molecule has 1 aliphatic heterocycles. The highest BCUT2D eigenvalue weighted by Gasteiger charge is 2.29. The summed E-state index contributed by atoms with van der Waals surface area (Å²) >= 11 is 0. The number of halogens is 1. The number of H-pyrrole nitrogens is 1. The van der Waals surface area contributed by atoms with Gasteiger partial charge in [-0.15, -0.1) is 22.6 Å². The molecule has 2 heterocycles. The molecule has 0 bridgehead atoms. The average molecular weight is 743 g/mol. The number of nitrogens with two attached hydrogens (primary N) is 1. The number of amides is 3. The van der Waals surface area contributed by atoms with E-state index in [1.807, 2.05) is 61.5 Å². The van der Waals surface area contributed by atoms with Gasteiger partial charge in [0.15, 0.2) is 11.6 Å². The molecule has 1 atom stereocenters. The molecule has 53 heavy (non-hydrogen) atoms. The lowest BCUT2D eigenvalue weighted by Gasteiger charge is -2.28. The molecule has 3 amide bonds. The lowest BCUT2D eigenvalue weighted by Crippen LogP contribution is -2.48. The zero-order valence-corrected chi connectivity index (χ0v) is 31.3. The summed E-state index contributed by atoms with van der Waals surface area (Å²) in [5, 5.41) is 20.8. The number of anilines is 1. The predicted molar refractivity (Wildman–Crippen MR) is 209 cm³/mol. The molecule has 1 saturated carbocycles. The summed E-state index contributed by atoms with van der Waals surface area (Å²) in [6.07, 6.45) is 5.56. The van der Waals surface area contributed by atoms with Crippen molar-refractivity contribution < 1.29 is 19.1 Å². The maximum absolute atomic E-state index is 13.8. The van der Waals surface area contributed by atoms with Gasteiger partial charge in [-0.2, -0.15) is 0 Å². The molecular formula is C40H51ClN8O4. The van der Waals surface area contributed by atoms with Gasteiger partial charge >= 0.3 is 0 Å². The van der Waals surface area contributed by atoms with Crippen LogP contribution in [-0.2, 0) is 27.4 Å². The van der Waals surface area contributed by atoms with Crippen molar-refractivity contribution in [3.8, 4) is 22.5 Å². The molecule has 0 spiro atoms. The third-order valence-electron chi connectivity index (χ3n) is 10.3. The summed E-state index contributed by atoms with van der Waals surface area (Å²) in [4.78, 5) is 43.3. The highest BCUT2D eigenvalue weighted by molar-refractivity contribution is 5.98. The number of benzene rings is 3. The fourth-order valence-corrected chi connectivity index (χ4v) is 7.15. The fourth-order valence-electron chi connectivity index (χ4n) is 7.15. The van der Waals surface area contributed by atoms with Crippen LogP contribution in [0.15, 0.2) is 66.7 Å². The van der Waals surface area contributed by atoms with Gasteiger partial charge in [-0.3, -0.25) is 14.4 Å². The van der Waals surface area contributed by atoms with Crippen molar-refractivity contribution in [2.45, 2.75) is 70.6 Å². The Bertz CT molecular complexity index is 1820. The monoisotopic (exact) mass is 742 g/mol. The Morgan fingerprint density at radius 2 is 1.60 bits per heavy atom. The number of rotatable bonds is 13. The molecule has 4 aromatic rings. The summed E-state index contributed by atoms with van der Waals surface area (Å²) < 4.78 is 5.11. The van der Waals surface area contributed by atoms with E-state index in [9.17, 15) is 14.4 Å². The van der Waals surface area contributed by atoms with Crippen molar-refractivity contribution in [3.05, 3.63) is 89.2 Å². The number of aryl methyl sites for hydroxylation is 1. The molecule has 3 aromatic carbocycles. The standard InChI is InChI=1S/C40H50N8O4.ClH/c1-25-21-31(39(50)43-33-17-19-42-20-18-33)13-16-34(25)28-7-3-26(4-8-28)22-35(45-38(49)30-9-5-27(23-41)6-10-30)40(51)44-32-14-11-29(12-15-32)37-46-36(24-52-2)47-48-37;/h3-4,7-8,11-16,21,27,30,33,35,42H,5-6,9-10,17-20,22-24,41H2,1-2H3,(H,43,50)(H,44,51)(H,45,49)(H,46,47,48);1H/t27-,30-,35-;/m0./s1. The maximum atomic E-state index is 13.8. The first kappa shape index (κ1) is 39.6. The minimum Gasteiger partial charge on any atom is -0.377 e. The quantitative estimate of drug-likeness (QED) is 0.112. The SMILES string of the molecule is COCc1nnc(-c2ccc(NC(=O)[C@H](Cc3ccc(-c4ccc(C(=O)NC5CCNCC5)cc4C)cc3)NC(=O)[C@H]3CC[C@H](CN)CC3)cc2)[nH]1.Cl. The van der Waals surface area contributed by atoms with Crippen molar-refractivity contribution in [3.63, 3.8) is 0 Å². The molecule has 282 valence electrons. The molecule has 1 saturated heterocycles. The van der Waals surface area contributed by atoms with Gasteiger partial charge in [-0.1, -0.05) is 30.3 Å². The number of hydrogen-bond donors (Lipinski definition) is 6. The Morgan fingerprint density at radius 3 is 2.26 bits per heavy atom. The van der Waals surface area contributed by atoms with Gasteiger partial charge in [-0.25, -0.2) is 0 Å². The van der Waals surface area contributed by atoms with Gasteiger partial charge in [0.1, 0.15) is 12.6 Å². The Labute approximate surface area is 317 Å². The lowest BCUT2D eigenvalue weighted by atomic mass is 9.81. The lowest BCUT2D eigenvalue weighted by molar-refractivity contribution is -0.130. The van der Waals surface area contributed by atoms with E-state index >= 15 is 0 Å². The van der Waals surface area contributed by atoms with Gasteiger partial charge in [0.2, 0.25) is 11.8 Å². The van der Waals surface area contributed by atoms with Crippen molar-refractivity contribution in [1.82, 2.24) is 31.1 Å². The largest absolute Gasteiger partial charge is 0.377 e. The molecule has 1 aromatic heterocycles. The van der Waals surface area contributed by atoms with Crippen molar-refractivity contribution in [2.24, 2.45) is 17.6 Å². The molecule has 12 nitrogen and oxygen atoms in total. The first-order chi connectivity index (χ1) is 25.3. The van der Waals surface area contributed by atoms with E-state index in [-0.39, 0.29) is 42.1 Å². The molecule has 0 unspecified atom stereocenters. The number of aromatic nitrogens is 3. The van der Waals surface area contributed by atoms with E-state index in [4.69, 9.17) is 10.5 Å². The molecule has 6 rings (SSSR count). The average Bonchev–Trinajstić information content (AvgIpc) is 3.64. The van der Waals surface area contributed by atoms with Gasteiger partial charge in [0.25, 0.3) is 5.91 Å². The number of nitrogens with zero attached hydrogens (tertiary/aromatic N) is 2. The highest BCUT2D eigenvalue weighted by atomic mass is 35.5. The zero-order valence-electron chi connectivity index (χ0n) is 30.5.